The number of halogens is 2. The number of anilines is 1. The van der Waals surface area contributed by atoms with E-state index in [-0.39, 0.29) is 0 Å². The first-order chi connectivity index (χ1) is 15.6. The van der Waals surface area contributed by atoms with Crippen molar-refractivity contribution in [2.75, 3.05) is 11.4 Å². The second-order valence-electron chi connectivity index (χ2n) is 8.42. The fourth-order valence-electron chi connectivity index (χ4n) is 4.50. The Balaban J connectivity index is 1.61. The van der Waals surface area contributed by atoms with Gasteiger partial charge in [0.25, 0.3) is 0 Å². The van der Waals surface area contributed by atoms with E-state index in [0.29, 0.717) is 22.0 Å². The van der Waals surface area contributed by atoms with Gasteiger partial charge in [-0.3, -0.25) is 4.98 Å². The molecule has 1 atom stereocenters. The summed E-state index contributed by atoms with van der Waals surface area (Å²) >= 11 is 14.4. The average Bonchev–Trinajstić information content (AvgIpc) is 3.55. The summed E-state index contributed by atoms with van der Waals surface area (Å²) in [4.78, 5) is 13.4. The van der Waals surface area contributed by atoms with Gasteiger partial charge < -0.3 is 4.90 Å². The summed E-state index contributed by atoms with van der Waals surface area (Å²) in [6, 6.07) is 16.6. The van der Waals surface area contributed by atoms with Crippen LogP contribution in [0.2, 0.25) is 10.0 Å². The molecule has 2 heterocycles. The highest BCUT2D eigenvalue weighted by Crippen LogP contribution is 2.49. The maximum Gasteiger partial charge on any atom is 0.186 e. The van der Waals surface area contributed by atoms with Gasteiger partial charge >= 0.3 is 0 Å². The standard InChI is InChI=1S/C26H25Cl2N3S/c1-3-14-31(26-30-24(16(2)32-26)21-11-10-18(27)15-22(21)28)25(17-8-9-17)20-12-13-29-23-7-5-4-6-19(20)23/h4-7,10-13,15,17,25H,3,8-9,14H2,1-2H3. The van der Waals surface area contributed by atoms with E-state index in [2.05, 4.69) is 54.1 Å². The summed E-state index contributed by atoms with van der Waals surface area (Å²) in [6.07, 6.45) is 5.51. The molecule has 1 aliphatic carbocycles. The van der Waals surface area contributed by atoms with Crippen LogP contribution in [0.5, 0.6) is 0 Å². The number of nitrogens with zero attached hydrogens (tertiary/aromatic N) is 3. The Bertz CT molecular complexity index is 1260. The van der Waals surface area contributed by atoms with Gasteiger partial charge in [-0.15, -0.1) is 11.3 Å². The van der Waals surface area contributed by atoms with Gasteiger partial charge in [-0.2, -0.15) is 0 Å². The molecule has 1 saturated carbocycles. The molecule has 2 aromatic carbocycles. The number of thiazole rings is 1. The maximum absolute atomic E-state index is 6.53. The zero-order chi connectivity index (χ0) is 22.2. The number of fused-ring (bicyclic) bond motifs is 1. The summed E-state index contributed by atoms with van der Waals surface area (Å²) in [5.74, 6) is 0.638. The summed E-state index contributed by atoms with van der Waals surface area (Å²) in [7, 11) is 0. The smallest absolute Gasteiger partial charge is 0.186 e. The highest BCUT2D eigenvalue weighted by Gasteiger charge is 2.38. The molecule has 4 aromatic rings. The Labute approximate surface area is 203 Å². The van der Waals surface area contributed by atoms with Crippen molar-refractivity contribution in [1.82, 2.24) is 9.97 Å². The Morgan fingerprint density at radius 1 is 1.12 bits per heavy atom. The number of aromatic nitrogens is 2. The van der Waals surface area contributed by atoms with Crippen LogP contribution < -0.4 is 4.90 Å². The Kier molecular flexibility index (Phi) is 6.11. The number of pyridine rings is 1. The van der Waals surface area contributed by atoms with E-state index in [1.54, 1.807) is 17.4 Å². The molecule has 0 N–H and O–H groups in total. The maximum atomic E-state index is 6.53. The van der Waals surface area contributed by atoms with Crippen LogP contribution in [-0.4, -0.2) is 16.5 Å². The molecule has 164 valence electrons. The van der Waals surface area contributed by atoms with E-state index in [9.17, 15) is 0 Å². The first-order valence-electron chi connectivity index (χ1n) is 11.1. The Hall–Kier alpha value is -2.14. The SMILES string of the molecule is CCCN(c1nc(-c2ccc(Cl)cc2Cl)c(C)s1)C(c1ccnc2ccccc12)C1CC1. The highest BCUT2D eigenvalue weighted by atomic mass is 35.5. The third-order valence-electron chi connectivity index (χ3n) is 6.09. The van der Waals surface area contributed by atoms with E-state index in [0.717, 1.165) is 34.9 Å². The molecule has 0 spiro atoms. The Morgan fingerprint density at radius 2 is 1.94 bits per heavy atom. The van der Waals surface area contributed by atoms with Crippen molar-refractivity contribution < 1.29 is 0 Å². The molecule has 1 fully saturated rings. The molecule has 3 nitrogen and oxygen atoms in total. The zero-order valence-electron chi connectivity index (χ0n) is 18.2. The second kappa shape index (κ2) is 9.01. The lowest BCUT2D eigenvalue weighted by Crippen LogP contribution is -2.31. The van der Waals surface area contributed by atoms with Gasteiger partial charge in [0.05, 0.1) is 22.3 Å². The first kappa shape index (κ1) is 21.7. The van der Waals surface area contributed by atoms with E-state index in [1.807, 2.05) is 18.3 Å². The van der Waals surface area contributed by atoms with Gasteiger partial charge in [0.2, 0.25) is 0 Å². The van der Waals surface area contributed by atoms with Crippen molar-refractivity contribution in [3.8, 4) is 11.3 Å². The van der Waals surface area contributed by atoms with E-state index in [4.69, 9.17) is 28.2 Å². The monoisotopic (exact) mass is 481 g/mol. The van der Waals surface area contributed by atoms with Gasteiger partial charge in [0.1, 0.15) is 0 Å². The summed E-state index contributed by atoms with van der Waals surface area (Å²) in [5, 5.41) is 3.57. The van der Waals surface area contributed by atoms with Crippen LogP contribution in [0.3, 0.4) is 0 Å². The van der Waals surface area contributed by atoms with Crippen molar-refractivity contribution in [2.24, 2.45) is 5.92 Å². The number of rotatable bonds is 7. The molecule has 0 radical (unpaired) electrons. The van der Waals surface area contributed by atoms with Crippen molar-refractivity contribution in [1.29, 1.82) is 0 Å². The van der Waals surface area contributed by atoms with Crippen molar-refractivity contribution in [2.45, 2.75) is 39.2 Å². The minimum atomic E-state index is 0.293. The fraction of sp³-hybridized carbons (Fsp3) is 0.308. The van der Waals surface area contributed by atoms with Crippen LogP contribution in [0.25, 0.3) is 22.2 Å². The lowest BCUT2D eigenvalue weighted by molar-refractivity contribution is 0.555. The van der Waals surface area contributed by atoms with Crippen LogP contribution >= 0.6 is 34.5 Å². The van der Waals surface area contributed by atoms with Crippen LogP contribution in [0.15, 0.2) is 54.7 Å². The fourth-order valence-corrected chi connectivity index (χ4v) is 5.98. The Morgan fingerprint density at radius 3 is 2.69 bits per heavy atom. The zero-order valence-corrected chi connectivity index (χ0v) is 20.5. The molecule has 1 unspecified atom stereocenters. The molecule has 0 amide bonds. The van der Waals surface area contributed by atoms with Crippen LogP contribution in [0.4, 0.5) is 5.13 Å². The highest BCUT2D eigenvalue weighted by molar-refractivity contribution is 7.16. The van der Waals surface area contributed by atoms with Gasteiger partial charge in [-0.25, -0.2) is 4.98 Å². The lowest BCUT2D eigenvalue weighted by atomic mass is 9.97. The number of benzene rings is 2. The molecular formula is C26H25Cl2N3S. The minimum absolute atomic E-state index is 0.293. The third kappa shape index (κ3) is 4.12. The number of hydrogen-bond donors (Lipinski definition) is 0. The summed E-state index contributed by atoms with van der Waals surface area (Å²) in [5.41, 5.74) is 4.29. The molecule has 0 bridgehead atoms. The quantitative estimate of drug-likeness (QED) is 0.265. The minimum Gasteiger partial charge on any atom is -0.341 e. The van der Waals surface area contributed by atoms with Gasteiger partial charge in [0.15, 0.2) is 5.13 Å². The third-order valence-corrected chi connectivity index (χ3v) is 7.64. The van der Waals surface area contributed by atoms with Crippen LogP contribution in [-0.2, 0) is 0 Å². The molecule has 1 aliphatic rings. The van der Waals surface area contributed by atoms with E-state index >= 15 is 0 Å². The van der Waals surface area contributed by atoms with E-state index < -0.39 is 0 Å². The first-order valence-corrected chi connectivity index (χ1v) is 12.7. The number of hydrogen-bond acceptors (Lipinski definition) is 4. The summed E-state index contributed by atoms with van der Waals surface area (Å²) < 4.78 is 0. The van der Waals surface area contributed by atoms with Crippen LogP contribution in [0, 0.1) is 12.8 Å². The topological polar surface area (TPSA) is 29.0 Å². The van der Waals surface area contributed by atoms with Gasteiger partial charge in [-0.05, 0) is 68.0 Å². The molecule has 2 aromatic heterocycles. The molecule has 5 rings (SSSR count). The van der Waals surface area contributed by atoms with Crippen molar-refractivity contribution in [3.05, 3.63) is 75.2 Å². The van der Waals surface area contributed by atoms with Crippen molar-refractivity contribution in [3.63, 3.8) is 0 Å². The summed E-state index contributed by atoms with van der Waals surface area (Å²) in [6.45, 7) is 5.32. The van der Waals surface area contributed by atoms with E-state index in [1.165, 1.54) is 28.7 Å². The molecule has 6 heteroatoms. The molecule has 0 saturated heterocycles. The number of para-hydroxylation sites is 1. The predicted octanol–water partition coefficient (Wildman–Crippen LogP) is 8.34. The molecule has 0 aliphatic heterocycles. The molecule has 32 heavy (non-hydrogen) atoms. The molecular weight excluding hydrogens is 457 g/mol. The average molecular weight is 482 g/mol. The largest absolute Gasteiger partial charge is 0.341 e. The van der Waals surface area contributed by atoms with Crippen molar-refractivity contribution >= 4 is 50.6 Å². The lowest BCUT2D eigenvalue weighted by Gasteiger charge is -2.32. The number of aryl methyl sites for hydroxylation is 1. The van der Waals surface area contributed by atoms with Crippen LogP contribution in [0.1, 0.15) is 42.7 Å². The normalized spacial score (nSPS) is 14.6. The van der Waals surface area contributed by atoms with Gasteiger partial charge in [-0.1, -0.05) is 48.3 Å². The van der Waals surface area contributed by atoms with Gasteiger partial charge in [0, 0.05) is 33.6 Å². The predicted molar refractivity (Wildman–Crippen MR) is 137 cm³/mol. The second-order valence-corrected chi connectivity index (χ2v) is 10.4.